The lowest BCUT2D eigenvalue weighted by atomic mass is 9.94. The number of ether oxygens (including phenoxy) is 1. The van der Waals surface area contributed by atoms with Gasteiger partial charge >= 0.3 is 6.61 Å². The molecule has 41 heavy (non-hydrogen) atoms. The van der Waals surface area contributed by atoms with Crippen molar-refractivity contribution < 1.29 is 18.3 Å². The quantitative estimate of drug-likeness (QED) is 0.284. The minimum atomic E-state index is -2.83. The van der Waals surface area contributed by atoms with Crippen LogP contribution in [-0.4, -0.2) is 48.6 Å². The number of nitrogens with one attached hydrogen (secondary N) is 1. The molecule has 1 aliphatic heterocycles. The first-order chi connectivity index (χ1) is 19.9. The number of rotatable bonds is 8. The molecule has 1 amide bonds. The van der Waals surface area contributed by atoms with E-state index in [2.05, 4.69) is 30.9 Å². The highest BCUT2D eigenvalue weighted by Gasteiger charge is 2.19. The average molecular weight is 554 g/mol. The minimum absolute atomic E-state index is 0.157. The highest BCUT2D eigenvalue weighted by molar-refractivity contribution is 6.09. The van der Waals surface area contributed by atoms with Gasteiger partial charge in [-0.05, 0) is 71.6 Å². The third-order valence-corrected chi connectivity index (χ3v) is 7.08. The van der Waals surface area contributed by atoms with Crippen LogP contribution in [0.5, 0.6) is 5.75 Å². The van der Waals surface area contributed by atoms with Crippen LogP contribution in [-0.2, 0) is 6.54 Å². The van der Waals surface area contributed by atoms with Gasteiger partial charge in [0.05, 0.1) is 23.5 Å². The van der Waals surface area contributed by atoms with E-state index in [0.717, 1.165) is 60.8 Å². The van der Waals surface area contributed by atoms with E-state index < -0.39 is 6.61 Å². The van der Waals surface area contributed by atoms with E-state index in [0.29, 0.717) is 16.8 Å². The lowest BCUT2D eigenvalue weighted by Crippen LogP contribution is -2.46. The van der Waals surface area contributed by atoms with Crippen molar-refractivity contribution in [3.8, 4) is 22.9 Å². The molecule has 1 saturated heterocycles. The molecular formula is C32H29F2N5O2. The van der Waals surface area contributed by atoms with E-state index in [1.165, 1.54) is 0 Å². The zero-order valence-corrected chi connectivity index (χ0v) is 22.6. The number of nitrogens with zero attached hydrogens (tertiary/aromatic N) is 4. The van der Waals surface area contributed by atoms with E-state index >= 15 is 0 Å². The number of benzene rings is 3. The van der Waals surface area contributed by atoms with Crippen LogP contribution in [0.2, 0.25) is 0 Å². The van der Waals surface area contributed by atoms with Gasteiger partial charge in [0.15, 0.2) is 0 Å². The van der Waals surface area contributed by atoms with Gasteiger partial charge in [0.2, 0.25) is 0 Å². The maximum atomic E-state index is 13.3. The fourth-order valence-electron chi connectivity index (χ4n) is 4.97. The molecule has 1 N–H and O–H groups in total. The van der Waals surface area contributed by atoms with Gasteiger partial charge in [-0.2, -0.15) is 14.0 Å². The van der Waals surface area contributed by atoms with Gasteiger partial charge in [0.1, 0.15) is 11.6 Å². The average Bonchev–Trinajstić information content (AvgIpc) is 2.99. The summed E-state index contributed by atoms with van der Waals surface area (Å²) in [4.78, 5) is 22.4. The van der Waals surface area contributed by atoms with Crippen molar-refractivity contribution in [2.75, 3.05) is 36.4 Å². The summed E-state index contributed by atoms with van der Waals surface area (Å²) in [5, 5.41) is 12.1. The van der Waals surface area contributed by atoms with Gasteiger partial charge in [-0.3, -0.25) is 9.69 Å². The lowest BCUT2D eigenvalue weighted by Gasteiger charge is -2.35. The number of alkyl halides is 2. The summed E-state index contributed by atoms with van der Waals surface area (Å²) in [6.07, 6.45) is 1.67. The molecule has 0 radical (unpaired) electrons. The summed E-state index contributed by atoms with van der Waals surface area (Å²) in [5.74, 6) is 0.764. The zero-order valence-electron chi connectivity index (χ0n) is 22.6. The summed E-state index contributed by atoms with van der Waals surface area (Å²) in [5.41, 5.74) is 5.42. The van der Waals surface area contributed by atoms with Crippen LogP contribution < -0.4 is 15.0 Å². The van der Waals surface area contributed by atoms with Gasteiger partial charge in [0.25, 0.3) is 5.91 Å². The van der Waals surface area contributed by atoms with E-state index in [1.54, 1.807) is 36.5 Å². The van der Waals surface area contributed by atoms with Crippen LogP contribution in [0.15, 0.2) is 85.1 Å². The Morgan fingerprint density at radius 2 is 1.73 bits per heavy atom. The van der Waals surface area contributed by atoms with E-state index in [4.69, 9.17) is 5.26 Å². The SMILES string of the molecule is Cc1cccc(C(=O)Nc2ccc(N3CCN(Cc4ccc(OC(F)F)cc4)CC3)nc2)c1-c1ccc(C#N)cc1. The van der Waals surface area contributed by atoms with Gasteiger partial charge in [-0.25, -0.2) is 4.98 Å². The number of piperazine rings is 1. The summed E-state index contributed by atoms with van der Waals surface area (Å²) in [6, 6.07) is 25.4. The van der Waals surface area contributed by atoms with Crippen molar-refractivity contribution in [1.82, 2.24) is 9.88 Å². The summed E-state index contributed by atoms with van der Waals surface area (Å²) >= 11 is 0. The molecular weight excluding hydrogens is 524 g/mol. The van der Waals surface area contributed by atoms with E-state index in [9.17, 15) is 13.6 Å². The third-order valence-electron chi connectivity index (χ3n) is 7.08. The molecule has 0 saturated carbocycles. The topological polar surface area (TPSA) is 81.5 Å². The number of pyridine rings is 1. The Kier molecular flexibility index (Phi) is 8.51. The highest BCUT2D eigenvalue weighted by Crippen LogP contribution is 2.29. The maximum absolute atomic E-state index is 13.3. The van der Waals surface area contributed by atoms with Crippen molar-refractivity contribution >= 4 is 17.4 Å². The Morgan fingerprint density at radius 3 is 2.37 bits per heavy atom. The minimum Gasteiger partial charge on any atom is -0.435 e. The molecule has 9 heteroatoms. The number of carbonyl (C=O) groups excluding carboxylic acids is 1. The Labute approximate surface area is 237 Å². The first-order valence-electron chi connectivity index (χ1n) is 13.3. The standard InChI is InChI=1S/C32H29F2N5O2/c1-22-3-2-4-28(30(22)25-9-5-23(19-35)6-10-25)31(40)37-26-11-14-29(36-20-26)39-17-15-38(16-18-39)21-24-7-12-27(13-8-24)41-32(33)34/h2-14,20,32H,15-18,21H2,1H3,(H,37,40). The number of halogens is 2. The normalized spacial score (nSPS) is 13.6. The van der Waals surface area contributed by atoms with Crippen molar-refractivity contribution in [2.24, 2.45) is 0 Å². The smallest absolute Gasteiger partial charge is 0.387 e. The third kappa shape index (κ3) is 6.86. The predicted octanol–water partition coefficient (Wildman–Crippen LogP) is 6.10. The van der Waals surface area contributed by atoms with Crippen LogP contribution in [0.3, 0.4) is 0 Å². The van der Waals surface area contributed by atoms with Crippen molar-refractivity contribution in [2.45, 2.75) is 20.1 Å². The maximum Gasteiger partial charge on any atom is 0.387 e. The Balaban J connectivity index is 1.18. The molecule has 0 spiro atoms. The second kappa shape index (κ2) is 12.6. The second-order valence-corrected chi connectivity index (χ2v) is 9.83. The number of hydrogen-bond donors (Lipinski definition) is 1. The number of hydrogen-bond acceptors (Lipinski definition) is 6. The van der Waals surface area contributed by atoms with Crippen molar-refractivity contribution in [3.05, 3.63) is 107 Å². The molecule has 5 rings (SSSR count). The van der Waals surface area contributed by atoms with Crippen molar-refractivity contribution in [1.29, 1.82) is 5.26 Å². The van der Waals surface area contributed by atoms with E-state index in [-0.39, 0.29) is 11.7 Å². The second-order valence-electron chi connectivity index (χ2n) is 9.83. The Bertz CT molecular complexity index is 1530. The first-order valence-corrected chi connectivity index (χ1v) is 13.3. The number of aromatic nitrogens is 1. The first kappa shape index (κ1) is 27.7. The van der Waals surface area contributed by atoms with Crippen LogP contribution in [0, 0.1) is 18.3 Å². The molecule has 7 nitrogen and oxygen atoms in total. The molecule has 208 valence electrons. The largest absolute Gasteiger partial charge is 0.435 e. The number of amides is 1. The zero-order chi connectivity index (χ0) is 28.8. The molecule has 1 fully saturated rings. The molecule has 0 atom stereocenters. The molecule has 0 unspecified atom stereocenters. The predicted molar refractivity (Wildman–Crippen MR) is 154 cm³/mol. The monoisotopic (exact) mass is 553 g/mol. The summed E-state index contributed by atoms with van der Waals surface area (Å²) < 4.78 is 29.1. The van der Waals surface area contributed by atoms with Crippen molar-refractivity contribution in [3.63, 3.8) is 0 Å². The molecule has 2 heterocycles. The van der Waals surface area contributed by atoms with Gasteiger partial charge in [0, 0.05) is 38.3 Å². The van der Waals surface area contributed by atoms with Gasteiger partial charge in [-0.1, -0.05) is 36.4 Å². The lowest BCUT2D eigenvalue weighted by molar-refractivity contribution is -0.0498. The fourth-order valence-corrected chi connectivity index (χ4v) is 4.97. The van der Waals surface area contributed by atoms with Crippen LogP contribution >= 0.6 is 0 Å². The highest BCUT2D eigenvalue weighted by atomic mass is 19.3. The molecule has 0 bridgehead atoms. The van der Waals surface area contributed by atoms with Gasteiger partial charge in [-0.15, -0.1) is 0 Å². The number of anilines is 2. The molecule has 0 aliphatic carbocycles. The van der Waals surface area contributed by atoms with E-state index in [1.807, 2.05) is 55.5 Å². The fraction of sp³-hybridized carbons (Fsp3) is 0.219. The van der Waals surface area contributed by atoms with Crippen LogP contribution in [0.1, 0.15) is 27.0 Å². The number of nitriles is 1. The molecule has 4 aromatic rings. The molecule has 3 aromatic carbocycles. The molecule has 1 aromatic heterocycles. The Hall–Kier alpha value is -4.81. The van der Waals surface area contributed by atoms with Crippen LogP contribution in [0.4, 0.5) is 20.3 Å². The summed E-state index contributed by atoms with van der Waals surface area (Å²) in [6.45, 7) is 3.12. The summed E-state index contributed by atoms with van der Waals surface area (Å²) in [7, 11) is 0. The van der Waals surface area contributed by atoms with Gasteiger partial charge < -0.3 is 15.0 Å². The number of aryl methyl sites for hydroxylation is 1. The Morgan fingerprint density at radius 1 is 1.00 bits per heavy atom. The molecule has 1 aliphatic rings. The number of carbonyl (C=O) groups is 1. The van der Waals surface area contributed by atoms with Crippen LogP contribution in [0.25, 0.3) is 11.1 Å².